The summed E-state index contributed by atoms with van der Waals surface area (Å²) in [6.45, 7) is 0. The molecule has 6 nitrogen and oxygen atoms in total. The van der Waals surface area contributed by atoms with Crippen LogP contribution >= 0.6 is 32.4 Å². The Bertz CT molecular complexity index is 1120. The molecule has 0 bridgehead atoms. The summed E-state index contributed by atoms with van der Waals surface area (Å²) >= 11 is -3.72. The van der Waals surface area contributed by atoms with Crippen LogP contribution in [0.4, 0.5) is 4.39 Å². The molecule has 2 heterocycles. The van der Waals surface area contributed by atoms with Crippen molar-refractivity contribution in [3.05, 3.63) is 76.4 Å². The Kier molecular flexibility index (Phi) is 6.15. The Labute approximate surface area is 178 Å². The molecule has 0 aliphatic heterocycles. The molecule has 0 amide bonds. The third-order valence-electron chi connectivity index (χ3n) is 4.05. The second-order valence-electron chi connectivity index (χ2n) is 6.00. The van der Waals surface area contributed by atoms with Crippen molar-refractivity contribution >= 4 is 43.3 Å². The Morgan fingerprint density at radius 1 is 1.03 bits per heavy atom. The molecule has 0 atom stereocenters. The van der Waals surface area contributed by atoms with Crippen LogP contribution in [-0.4, -0.2) is 26.8 Å². The molecule has 0 fully saturated rings. The summed E-state index contributed by atoms with van der Waals surface area (Å²) < 4.78 is 34.0. The normalized spacial score (nSPS) is 12.0. The Morgan fingerprint density at radius 2 is 1.83 bits per heavy atom. The molecule has 0 saturated heterocycles. The molecular formula is C20H19FI2N4O2. The predicted octanol–water partition coefficient (Wildman–Crippen LogP) is 5.16. The van der Waals surface area contributed by atoms with Crippen LogP contribution in [0.25, 0.3) is 16.6 Å². The van der Waals surface area contributed by atoms with Gasteiger partial charge in [-0.25, -0.2) is 0 Å². The topological polar surface area (TPSA) is 75.2 Å². The van der Waals surface area contributed by atoms with E-state index in [1.807, 2.05) is 36.5 Å². The Hall–Kier alpha value is -1.99. The summed E-state index contributed by atoms with van der Waals surface area (Å²) in [5.41, 5.74) is 1.73. The second-order valence-corrected chi connectivity index (χ2v) is 25.0. The van der Waals surface area contributed by atoms with Gasteiger partial charge in [-0.05, 0) is 0 Å². The van der Waals surface area contributed by atoms with E-state index in [0.29, 0.717) is 5.88 Å². The van der Waals surface area contributed by atoms with Gasteiger partial charge in [-0.1, -0.05) is 0 Å². The molecule has 4 rings (SSSR count). The zero-order valence-corrected chi connectivity index (χ0v) is 20.0. The standard InChI is InChI=1S/C20H19FI2N4O2/c1-22(24)23(16-5-10-20(28-2)25-13-16)29-18-8-9-19-14(11-18)12-26-27(19)17-6-3-15(21)4-7-17/h3-13H,24H2,1-2H3. The van der Waals surface area contributed by atoms with Gasteiger partial charge in [0, 0.05) is 0 Å². The minimum absolute atomic E-state index is 0.272. The first-order valence-corrected chi connectivity index (χ1v) is 20.2. The van der Waals surface area contributed by atoms with Crippen molar-refractivity contribution in [2.45, 2.75) is 0 Å². The van der Waals surface area contributed by atoms with Crippen molar-refractivity contribution in [3.8, 4) is 17.3 Å². The van der Waals surface area contributed by atoms with Crippen molar-refractivity contribution in [1.82, 2.24) is 14.8 Å². The molecule has 0 unspecified atom stereocenters. The van der Waals surface area contributed by atoms with Gasteiger partial charge in [-0.2, -0.15) is 0 Å². The van der Waals surface area contributed by atoms with Gasteiger partial charge in [0.1, 0.15) is 0 Å². The average molecular weight is 620 g/mol. The molecule has 29 heavy (non-hydrogen) atoms. The van der Waals surface area contributed by atoms with Crippen molar-refractivity contribution in [2.75, 3.05) is 12.0 Å². The number of ether oxygens (including phenoxy) is 1. The van der Waals surface area contributed by atoms with E-state index in [0.717, 1.165) is 25.9 Å². The number of fused-ring (bicyclic) bond motifs is 1. The zero-order chi connectivity index (χ0) is 20.4. The molecule has 2 aromatic heterocycles. The van der Waals surface area contributed by atoms with Gasteiger partial charge < -0.3 is 0 Å². The SMILES string of the molecule is COc1ccc(I(Oc2ccc3c(cnn3-c3ccc(F)cc3)c2)I(C)N)cn1. The van der Waals surface area contributed by atoms with Crippen LogP contribution in [-0.2, 0) is 0 Å². The number of pyridine rings is 1. The van der Waals surface area contributed by atoms with Crippen molar-refractivity contribution < 1.29 is 12.2 Å². The number of benzene rings is 2. The Balaban J connectivity index is 1.62. The fourth-order valence-electron chi connectivity index (χ4n) is 2.72. The van der Waals surface area contributed by atoms with Gasteiger partial charge in [0.15, 0.2) is 0 Å². The number of rotatable bonds is 6. The van der Waals surface area contributed by atoms with Gasteiger partial charge in [0.2, 0.25) is 0 Å². The van der Waals surface area contributed by atoms with Crippen molar-refractivity contribution in [2.24, 2.45) is 3.95 Å². The number of hydrogen-bond donors (Lipinski definition) is 1. The first-order valence-electron chi connectivity index (χ1n) is 8.52. The van der Waals surface area contributed by atoms with Crippen LogP contribution in [0, 0.1) is 9.39 Å². The van der Waals surface area contributed by atoms with Crippen LogP contribution < -0.4 is 11.8 Å². The van der Waals surface area contributed by atoms with E-state index < -0.39 is 32.4 Å². The first-order chi connectivity index (χ1) is 14.0. The molecular weight excluding hydrogens is 601 g/mol. The molecule has 0 saturated carbocycles. The first kappa shape index (κ1) is 20.3. The van der Waals surface area contributed by atoms with Gasteiger partial charge >= 0.3 is 180 Å². The minimum atomic E-state index is -2.02. The quantitative estimate of drug-likeness (QED) is 0.183. The maximum absolute atomic E-state index is 13.2. The van der Waals surface area contributed by atoms with E-state index in [9.17, 15) is 4.39 Å². The predicted molar refractivity (Wildman–Crippen MR) is 129 cm³/mol. The van der Waals surface area contributed by atoms with E-state index in [2.05, 4.69) is 15.0 Å². The number of nitrogens with zero attached hydrogens (tertiary/aromatic N) is 3. The molecule has 2 N–H and O–H groups in total. The van der Waals surface area contributed by atoms with Crippen LogP contribution in [0.3, 0.4) is 0 Å². The summed E-state index contributed by atoms with van der Waals surface area (Å²) in [4.78, 5) is 6.42. The van der Waals surface area contributed by atoms with E-state index >= 15 is 0 Å². The number of hydrogen-bond acceptors (Lipinski definition) is 5. The third-order valence-corrected chi connectivity index (χ3v) is 19.8. The molecule has 0 spiro atoms. The zero-order valence-electron chi connectivity index (χ0n) is 15.7. The maximum atomic E-state index is 13.2. The van der Waals surface area contributed by atoms with Gasteiger partial charge in [-0.15, -0.1) is 0 Å². The van der Waals surface area contributed by atoms with Crippen LogP contribution in [0.2, 0.25) is 0 Å². The number of halogens is 3. The summed E-state index contributed by atoms with van der Waals surface area (Å²) in [5, 5.41) is 5.39. The van der Waals surface area contributed by atoms with Crippen molar-refractivity contribution in [3.63, 3.8) is 0 Å². The summed E-state index contributed by atoms with van der Waals surface area (Å²) in [7, 11) is 1.59. The van der Waals surface area contributed by atoms with Crippen LogP contribution in [0.15, 0.2) is 67.0 Å². The second kappa shape index (κ2) is 8.79. The summed E-state index contributed by atoms with van der Waals surface area (Å²) in [6, 6.07) is 16.0. The number of nitrogens with two attached hydrogens (primary N) is 1. The van der Waals surface area contributed by atoms with Crippen LogP contribution in [0.5, 0.6) is 11.6 Å². The van der Waals surface area contributed by atoms with E-state index in [4.69, 9.17) is 11.8 Å². The molecule has 0 radical (unpaired) electrons. The monoisotopic (exact) mass is 620 g/mol. The number of alkyl halides is 1. The van der Waals surface area contributed by atoms with E-state index in [1.54, 1.807) is 30.1 Å². The van der Waals surface area contributed by atoms with Gasteiger partial charge in [0.25, 0.3) is 0 Å². The molecule has 152 valence electrons. The van der Waals surface area contributed by atoms with E-state index in [-0.39, 0.29) is 5.82 Å². The summed E-state index contributed by atoms with van der Waals surface area (Å²) in [6.07, 6.45) is 3.60. The van der Waals surface area contributed by atoms with Gasteiger partial charge in [0.05, 0.1) is 0 Å². The fourth-order valence-corrected chi connectivity index (χ4v) is 15.2. The molecule has 9 heteroatoms. The third kappa shape index (κ3) is 4.46. The van der Waals surface area contributed by atoms with Crippen LogP contribution in [0.1, 0.15) is 0 Å². The van der Waals surface area contributed by atoms with Gasteiger partial charge in [-0.3, -0.25) is 0 Å². The number of aromatic nitrogens is 3. The number of methoxy groups -OCH3 is 1. The molecule has 2 aromatic carbocycles. The average Bonchev–Trinajstić information content (AvgIpc) is 3.16. The fraction of sp³-hybridized carbons (Fsp3) is 0.100. The van der Waals surface area contributed by atoms with E-state index in [1.165, 1.54) is 12.1 Å². The molecule has 0 aliphatic rings. The van der Waals surface area contributed by atoms with Crippen molar-refractivity contribution in [1.29, 1.82) is 0 Å². The molecule has 4 aromatic rings. The summed E-state index contributed by atoms with van der Waals surface area (Å²) in [5.74, 6) is 1.09. The molecule has 0 aliphatic carbocycles. The Morgan fingerprint density at radius 3 is 2.48 bits per heavy atom.